The third-order valence-electron chi connectivity index (χ3n) is 4.25. The maximum Gasteiger partial charge on any atom is 0.419 e. The lowest BCUT2D eigenvalue weighted by molar-refractivity contribution is 0.101. The average molecular weight is 367 g/mol. The lowest BCUT2D eigenvalue weighted by atomic mass is 10.1. The Morgan fingerprint density at radius 1 is 1.07 bits per heavy atom. The molecule has 3 aromatic rings. The summed E-state index contributed by atoms with van der Waals surface area (Å²) in [4.78, 5) is 37.8. The van der Waals surface area contributed by atoms with Gasteiger partial charge in [-0.1, -0.05) is 12.1 Å². The molecule has 1 N–H and O–H groups in total. The summed E-state index contributed by atoms with van der Waals surface area (Å²) in [7, 11) is 3.85. The summed E-state index contributed by atoms with van der Waals surface area (Å²) in [6.07, 6.45) is 0. The number of rotatable bonds is 6. The summed E-state index contributed by atoms with van der Waals surface area (Å²) < 4.78 is 6.80. The van der Waals surface area contributed by atoms with Crippen LogP contribution < -0.4 is 11.1 Å². The van der Waals surface area contributed by atoms with E-state index in [4.69, 9.17) is 4.42 Å². The van der Waals surface area contributed by atoms with Crippen LogP contribution in [-0.4, -0.2) is 41.8 Å². The van der Waals surface area contributed by atoms with Gasteiger partial charge in [0.1, 0.15) is 0 Å². The van der Waals surface area contributed by atoms with Gasteiger partial charge in [-0.3, -0.25) is 14.2 Å². The second-order valence-corrected chi connectivity index (χ2v) is 6.59. The van der Waals surface area contributed by atoms with Crippen LogP contribution in [0.2, 0.25) is 0 Å². The highest BCUT2D eigenvalue weighted by Gasteiger charge is 2.12. The normalized spacial score (nSPS) is 11.1. The van der Waals surface area contributed by atoms with Crippen molar-refractivity contribution in [2.45, 2.75) is 13.5 Å². The first-order valence-corrected chi connectivity index (χ1v) is 8.55. The zero-order valence-corrected chi connectivity index (χ0v) is 15.5. The zero-order valence-electron chi connectivity index (χ0n) is 15.5. The second-order valence-electron chi connectivity index (χ2n) is 6.59. The van der Waals surface area contributed by atoms with Crippen molar-refractivity contribution in [3.63, 3.8) is 0 Å². The van der Waals surface area contributed by atoms with Crippen LogP contribution in [0.4, 0.5) is 5.69 Å². The van der Waals surface area contributed by atoms with Gasteiger partial charge in [0, 0.05) is 29.9 Å². The predicted octanol–water partition coefficient (Wildman–Crippen LogP) is 2.61. The summed E-state index contributed by atoms with van der Waals surface area (Å²) in [5, 5.41) is 2.81. The van der Waals surface area contributed by atoms with Crippen LogP contribution in [0.15, 0.2) is 51.7 Å². The van der Waals surface area contributed by atoms with E-state index in [0.29, 0.717) is 41.0 Å². The molecule has 7 heteroatoms. The Morgan fingerprint density at radius 2 is 1.74 bits per heavy atom. The fourth-order valence-electron chi connectivity index (χ4n) is 2.71. The predicted molar refractivity (Wildman–Crippen MR) is 103 cm³/mol. The lowest BCUT2D eigenvalue weighted by Gasteiger charge is -2.10. The molecule has 27 heavy (non-hydrogen) atoms. The van der Waals surface area contributed by atoms with Crippen molar-refractivity contribution >= 4 is 28.5 Å². The number of hydrogen-bond donors (Lipinski definition) is 1. The van der Waals surface area contributed by atoms with E-state index in [2.05, 4.69) is 5.32 Å². The van der Waals surface area contributed by atoms with Crippen LogP contribution in [0, 0.1) is 0 Å². The monoisotopic (exact) mass is 367 g/mol. The highest BCUT2D eigenvalue weighted by Crippen LogP contribution is 2.19. The van der Waals surface area contributed by atoms with Gasteiger partial charge in [-0.25, -0.2) is 4.79 Å². The quantitative estimate of drug-likeness (QED) is 0.677. The maximum atomic E-state index is 12.4. The molecule has 0 atom stereocenters. The Balaban J connectivity index is 1.84. The number of anilines is 1. The van der Waals surface area contributed by atoms with Gasteiger partial charge in [0.05, 0.1) is 5.52 Å². The molecule has 0 aliphatic rings. The summed E-state index contributed by atoms with van der Waals surface area (Å²) in [6.45, 7) is 2.65. The minimum atomic E-state index is -0.421. The lowest BCUT2D eigenvalue weighted by Crippen LogP contribution is -2.23. The molecule has 0 saturated heterocycles. The molecule has 0 unspecified atom stereocenters. The van der Waals surface area contributed by atoms with E-state index in [-0.39, 0.29) is 11.7 Å². The van der Waals surface area contributed by atoms with Crippen LogP contribution in [0.1, 0.15) is 27.6 Å². The van der Waals surface area contributed by atoms with Crippen LogP contribution in [-0.2, 0) is 6.54 Å². The maximum absolute atomic E-state index is 12.4. The van der Waals surface area contributed by atoms with Crippen LogP contribution in [0.25, 0.3) is 11.1 Å². The first kappa shape index (κ1) is 18.6. The SMILES string of the molecule is CC(=O)c1ccc(C(=O)Nc2ccc3oc(=O)n(CCN(C)C)c3c2)cc1. The molecule has 140 valence electrons. The molecule has 0 bridgehead atoms. The molecule has 1 aromatic heterocycles. The van der Waals surface area contributed by atoms with Gasteiger partial charge in [0.25, 0.3) is 5.91 Å². The van der Waals surface area contributed by atoms with Crippen molar-refractivity contribution in [2.75, 3.05) is 26.0 Å². The summed E-state index contributed by atoms with van der Waals surface area (Å²) >= 11 is 0. The van der Waals surface area contributed by atoms with E-state index in [1.54, 1.807) is 47.0 Å². The molecule has 0 radical (unpaired) electrons. The molecule has 1 amide bonds. The first-order chi connectivity index (χ1) is 12.8. The van der Waals surface area contributed by atoms with Gasteiger partial charge >= 0.3 is 5.76 Å². The molecule has 7 nitrogen and oxygen atoms in total. The molecule has 1 heterocycles. The average Bonchev–Trinajstić information content (AvgIpc) is 2.94. The van der Waals surface area contributed by atoms with E-state index < -0.39 is 5.76 Å². The smallest absolute Gasteiger partial charge is 0.408 e. The Bertz CT molecular complexity index is 1050. The number of aromatic nitrogens is 1. The van der Waals surface area contributed by atoms with Crippen LogP contribution in [0.3, 0.4) is 0 Å². The van der Waals surface area contributed by atoms with Crippen LogP contribution in [0.5, 0.6) is 0 Å². The third kappa shape index (κ3) is 4.15. The Kier molecular flexibility index (Phi) is 5.23. The number of carbonyl (C=O) groups is 2. The summed E-state index contributed by atoms with van der Waals surface area (Å²) in [5.41, 5.74) is 2.66. The number of hydrogen-bond acceptors (Lipinski definition) is 5. The molecule has 0 spiro atoms. The van der Waals surface area contributed by atoms with Crippen molar-refractivity contribution < 1.29 is 14.0 Å². The topological polar surface area (TPSA) is 84.5 Å². The van der Waals surface area contributed by atoms with Gasteiger partial charge in [-0.2, -0.15) is 0 Å². The number of ketones is 1. The van der Waals surface area contributed by atoms with Gasteiger partial charge in [0.2, 0.25) is 0 Å². The van der Waals surface area contributed by atoms with Gasteiger partial charge in [-0.05, 0) is 51.4 Å². The minimum Gasteiger partial charge on any atom is -0.408 e. The molecule has 3 rings (SSSR count). The fraction of sp³-hybridized carbons (Fsp3) is 0.250. The van der Waals surface area contributed by atoms with E-state index in [1.165, 1.54) is 6.92 Å². The number of benzene rings is 2. The van der Waals surface area contributed by atoms with Gasteiger partial charge in [0.15, 0.2) is 11.4 Å². The summed E-state index contributed by atoms with van der Waals surface area (Å²) in [5.74, 6) is -0.770. The Morgan fingerprint density at radius 3 is 2.37 bits per heavy atom. The Hall–Kier alpha value is -3.19. The molecule has 0 aliphatic heterocycles. The molecule has 0 fully saturated rings. The highest BCUT2D eigenvalue weighted by atomic mass is 16.4. The number of Topliss-reactive ketones (excluding diaryl/α,β-unsaturated/α-hetero) is 1. The molecule has 0 saturated carbocycles. The van der Waals surface area contributed by atoms with E-state index in [9.17, 15) is 14.4 Å². The molecule has 0 aliphatic carbocycles. The van der Waals surface area contributed by atoms with Crippen molar-refractivity contribution in [1.82, 2.24) is 9.47 Å². The number of nitrogens with one attached hydrogen (secondary N) is 1. The van der Waals surface area contributed by atoms with E-state index in [1.807, 2.05) is 19.0 Å². The van der Waals surface area contributed by atoms with Crippen molar-refractivity contribution in [1.29, 1.82) is 0 Å². The second kappa shape index (κ2) is 7.59. The Labute approximate surface area is 156 Å². The molecular weight excluding hydrogens is 346 g/mol. The van der Waals surface area contributed by atoms with Crippen molar-refractivity contribution in [2.24, 2.45) is 0 Å². The van der Waals surface area contributed by atoms with E-state index >= 15 is 0 Å². The molecular formula is C20H21N3O4. The molecule has 2 aromatic carbocycles. The number of amides is 1. The number of likely N-dealkylation sites (N-methyl/N-ethyl adjacent to an activating group) is 1. The van der Waals surface area contributed by atoms with Crippen molar-refractivity contribution in [3.05, 3.63) is 64.1 Å². The zero-order chi connectivity index (χ0) is 19.6. The minimum absolute atomic E-state index is 0.0527. The van der Waals surface area contributed by atoms with Crippen LogP contribution >= 0.6 is 0 Å². The number of carbonyl (C=O) groups excluding carboxylic acids is 2. The number of oxazole rings is 1. The van der Waals surface area contributed by atoms with Crippen molar-refractivity contribution in [3.8, 4) is 0 Å². The van der Waals surface area contributed by atoms with Gasteiger partial charge < -0.3 is 14.6 Å². The first-order valence-electron chi connectivity index (χ1n) is 8.55. The van der Waals surface area contributed by atoms with Gasteiger partial charge in [-0.15, -0.1) is 0 Å². The third-order valence-corrected chi connectivity index (χ3v) is 4.25. The highest BCUT2D eigenvalue weighted by molar-refractivity contribution is 6.05. The van der Waals surface area contributed by atoms with E-state index in [0.717, 1.165) is 0 Å². The standard InChI is InChI=1S/C20H21N3O4/c1-13(24)14-4-6-15(7-5-14)19(25)21-16-8-9-18-17(12-16)23(20(26)27-18)11-10-22(2)3/h4-9,12H,10-11H2,1-3H3,(H,21,25). The number of nitrogens with zero attached hydrogens (tertiary/aromatic N) is 2. The summed E-state index contributed by atoms with van der Waals surface area (Å²) in [6, 6.07) is 11.5. The largest absolute Gasteiger partial charge is 0.419 e. The fourth-order valence-corrected chi connectivity index (χ4v) is 2.71. The number of fused-ring (bicyclic) bond motifs is 1.